The van der Waals surface area contributed by atoms with E-state index in [-0.39, 0.29) is 28.1 Å². The van der Waals surface area contributed by atoms with E-state index >= 15 is 0 Å². The molecule has 0 saturated carbocycles. The van der Waals surface area contributed by atoms with Gasteiger partial charge in [-0.2, -0.15) is 0 Å². The Labute approximate surface area is 174 Å². The van der Waals surface area contributed by atoms with Crippen molar-refractivity contribution in [2.24, 2.45) is 5.92 Å². The Bertz CT molecular complexity index is 911. The summed E-state index contributed by atoms with van der Waals surface area (Å²) in [5, 5.41) is 16.2. The zero-order valence-electron chi connectivity index (χ0n) is 16.7. The molecule has 2 rings (SSSR count). The minimum Gasteiger partial charge on any atom is -0.340 e. The Hall–Kier alpha value is -2.93. The molecule has 0 aliphatic heterocycles. The van der Waals surface area contributed by atoms with Crippen LogP contribution in [0.1, 0.15) is 49.5 Å². The first-order valence-electron chi connectivity index (χ1n) is 9.25. The lowest BCUT2D eigenvalue weighted by atomic mass is 10.0. The van der Waals surface area contributed by atoms with Gasteiger partial charge in [-0.1, -0.05) is 51.4 Å². The second kappa shape index (κ2) is 9.52. The molecular weight excluding hydrogens is 394 g/mol. The van der Waals surface area contributed by atoms with E-state index in [9.17, 15) is 19.7 Å². The van der Waals surface area contributed by atoms with Crippen molar-refractivity contribution in [3.05, 3.63) is 68.7 Å². The van der Waals surface area contributed by atoms with Gasteiger partial charge in [-0.15, -0.1) is 0 Å². The molecule has 29 heavy (non-hydrogen) atoms. The smallest absolute Gasteiger partial charge is 0.270 e. The first-order chi connectivity index (χ1) is 13.6. The van der Waals surface area contributed by atoms with Crippen LogP contribution >= 0.6 is 11.6 Å². The third-order valence-corrected chi connectivity index (χ3v) is 4.80. The highest BCUT2D eigenvalue weighted by atomic mass is 35.5. The predicted octanol–water partition coefficient (Wildman–Crippen LogP) is 4.76. The number of carbonyl (C=O) groups is 2. The molecule has 2 amide bonds. The average molecular weight is 418 g/mol. The molecule has 0 heterocycles. The Balaban J connectivity index is 2.13. The van der Waals surface area contributed by atoms with Crippen molar-refractivity contribution in [3.63, 3.8) is 0 Å². The highest BCUT2D eigenvalue weighted by molar-refractivity contribution is 6.34. The number of halogens is 1. The van der Waals surface area contributed by atoms with E-state index in [1.165, 1.54) is 12.1 Å². The maximum atomic E-state index is 12.7. The summed E-state index contributed by atoms with van der Waals surface area (Å²) in [6.45, 7) is 7.79. The van der Waals surface area contributed by atoms with Gasteiger partial charge < -0.3 is 10.6 Å². The minimum atomic E-state index is -0.807. The van der Waals surface area contributed by atoms with E-state index in [0.29, 0.717) is 11.6 Å². The van der Waals surface area contributed by atoms with Gasteiger partial charge in [-0.25, -0.2) is 0 Å². The zero-order chi connectivity index (χ0) is 21.7. The maximum absolute atomic E-state index is 12.7. The standard InChI is InChI=1S/C21H24ClN3O4/c1-12(2)14-5-7-15(8-6-14)23-21(27)19(13(3)4)24-20(26)17-10-9-16(25(28)29)11-18(17)22/h5-13,19H,1-4H3,(H,23,27)(H,24,26)/t19-/m0/s1. The molecule has 0 bridgehead atoms. The van der Waals surface area contributed by atoms with Gasteiger partial charge in [0.15, 0.2) is 0 Å². The number of nitrogens with zero attached hydrogens (tertiary/aromatic N) is 1. The lowest BCUT2D eigenvalue weighted by Crippen LogP contribution is -2.47. The fraction of sp³-hybridized carbons (Fsp3) is 0.333. The first kappa shape index (κ1) is 22.4. The van der Waals surface area contributed by atoms with Gasteiger partial charge in [0.1, 0.15) is 6.04 Å². The topological polar surface area (TPSA) is 101 Å². The molecule has 0 spiro atoms. The third-order valence-electron chi connectivity index (χ3n) is 4.49. The van der Waals surface area contributed by atoms with Crippen molar-refractivity contribution in [2.45, 2.75) is 39.7 Å². The molecule has 0 aliphatic rings. The van der Waals surface area contributed by atoms with Gasteiger partial charge in [0.05, 0.1) is 15.5 Å². The summed E-state index contributed by atoms with van der Waals surface area (Å²) in [5.41, 5.74) is 1.64. The lowest BCUT2D eigenvalue weighted by molar-refractivity contribution is -0.384. The lowest BCUT2D eigenvalue weighted by Gasteiger charge is -2.22. The SMILES string of the molecule is CC(C)c1ccc(NC(=O)[C@@H](NC(=O)c2ccc([N+](=O)[O-])cc2Cl)C(C)C)cc1. The second-order valence-electron chi connectivity index (χ2n) is 7.38. The molecule has 0 radical (unpaired) electrons. The van der Waals surface area contributed by atoms with Crippen LogP contribution < -0.4 is 10.6 Å². The summed E-state index contributed by atoms with van der Waals surface area (Å²) in [6.07, 6.45) is 0. The zero-order valence-corrected chi connectivity index (χ0v) is 17.5. The Morgan fingerprint density at radius 1 is 1.03 bits per heavy atom. The molecule has 7 nitrogen and oxygen atoms in total. The van der Waals surface area contributed by atoms with E-state index in [1.54, 1.807) is 0 Å². The Morgan fingerprint density at radius 3 is 2.14 bits per heavy atom. The van der Waals surface area contributed by atoms with Gasteiger partial charge in [0, 0.05) is 17.8 Å². The number of rotatable bonds is 7. The van der Waals surface area contributed by atoms with Crippen LogP contribution in [-0.4, -0.2) is 22.8 Å². The largest absolute Gasteiger partial charge is 0.340 e. The van der Waals surface area contributed by atoms with Crippen molar-refractivity contribution < 1.29 is 14.5 Å². The summed E-state index contributed by atoms with van der Waals surface area (Å²) in [5.74, 6) is -0.739. The van der Waals surface area contributed by atoms with E-state index in [1.807, 2.05) is 38.1 Å². The summed E-state index contributed by atoms with van der Waals surface area (Å²) >= 11 is 6.02. The van der Waals surface area contributed by atoms with Crippen molar-refractivity contribution in [1.29, 1.82) is 0 Å². The number of hydrogen-bond donors (Lipinski definition) is 2. The van der Waals surface area contributed by atoms with Crippen LogP contribution in [0.3, 0.4) is 0 Å². The number of hydrogen-bond acceptors (Lipinski definition) is 4. The fourth-order valence-corrected chi connectivity index (χ4v) is 2.99. The van der Waals surface area contributed by atoms with E-state index < -0.39 is 16.9 Å². The molecule has 154 valence electrons. The number of benzene rings is 2. The van der Waals surface area contributed by atoms with Crippen LogP contribution in [-0.2, 0) is 4.79 Å². The molecule has 0 saturated heterocycles. The van der Waals surface area contributed by atoms with E-state index in [0.717, 1.165) is 11.6 Å². The molecule has 2 N–H and O–H groups in total. The molecule has 2 aromatic carbocycles. The molecule has 0 aliphatic carbocycles. The average Bonchev–Trinajstić information content (AvgIpc) is 2.65. The van der Waals surface area contributed by atoms with Gasteiger partial charge in [-0.3, -0.25) is 19.7 Å². The summed E-state index contributed by atoms with van der Waals surface area (Å²) in [4.78, 5) is 35.5. The van der Waals surface area contributed by atoms with Crippen LogP contribution in [0, 0.1) is 16.0 Å². The van der Waals surface area contributed by atoms with Crippen LogP contribution in [0.25, 0.3) is 0 Å². The van der Waals surface area contributed by atoms with Crippen molar-refractivity contribution in [2.75, 3.05) is 5.32 Å². The van der Waals surface area contributed by atoms with Crippen molar-refractivity contribution in [1.82, 2.24) is 5.32 Å². The van der Waals surface area contributed by atoms with Gasteiger partial charge in [-0.05, 0) is 35.6 Å². The highest BCUT2D eigenvalue weighted by Crippen LogP contribution is 2.23. The van der Waals surface area contributed by atoms with E-state index in [2.05, 4.69) is 24.5 Å². The van der Waals surface area contributed by atoms with Crippen molar-refractivity contribution >= 4 is 34.8 Å². The van der Waals surface area contributed by atoms with Gasteiger partial charge >= 0.3 is 0 Å². The molecule has 2 aromatic rings. The summed E-state index contributed by atoms with van der Waals surface area (Å²) < 4.78 is 0. The Morgan fingerprint density at radius 2 is 1.66 bits per heavy atom. The van der Waals surface area contributed by atoms with Gasteiger partial charge in [0.25, 0.3) is 11.6 Å². The fourth-order valence-electron chi connectivity index (χ4n) is 2.73. The molecule has 8 heteroatoms. The maximum Gasteiger partial charge on any atom is 0.270 e. The number of nitro groups is 1. The monoisotopic (exact) mass is 417 g/mol. The van der Waals surface area contributed by atoms with E-state index in [4.69, 9.17) is 11.6 Å². The minimum absolute atomic E-state index is 0.0520. The summed E-state index contributed by atoms with van der Waals surface area (Å²) in [6, 6.07) is 10.3. The molecule has 1 atom stereocenters. The van der Waals surface area contributed by atoms with Gasteiger partial charge in [0.2, 0.25) is 5.91 Å². The molecule has 0 fully saturated rings. The number of nitro benzene ring substituents is 1. The van der Waals surface area contributed by atoms with Crippen LogP contribution in [0.4, 0.5) is 11.4 Å². The normalized spacial score (nSPS) is 12.0. The number of amides is 2. The number of carbonyl (C=O) groups excluding carboxylic acids is 2. The first-order valence-corrected chi connectivity index (χ1v) is 9.63. The quantitative estimate of drug-likeness (QED) is 0.500. The Kier molecular flexibility index (Phi) is 7.34. The van der Waals surface area contributed by atoms with Crippen LogP contribution in [0.15, 0.2) is 42.5 Å². The predicted molar refractivity (Wildman–Crippen MR) is 113 cm³/mol. The molecule has 0 unspecified atom stereocenters. The highest BCUT2D eigenvalue weighted by Gasteiger charge is 2.26. The molecular formula is C21H24ClN3O4. The van der Waals surface area contributed by atoms with Crippen LogP contribution in [0.2, 0.25) is 5.02 Å². The molecule has 0 aromatic heterocycles. The van der Waals surface area contributed by atoms with Crippen LogP contribution in [0.5, 0.6) is 0 Å². The number of anilines is 1. The summed E-state index contributed by atoms with van der Waals surface area (Å²) in [7, 11) is 0. The third kappa shape index (κ3) is 5.77. The van der Waals surface area contributed by atoms with Crippen molar-refractivity contribution in [3.8, 4) is 0 Å². The number of non-ortho nitro benzene ring substituents is 1. The second-order valence-corrected chi connectivity index (χ2v) is 7.79. The number of nitrogens with one attached hydrogen (secondary N) is 2.